The second-order valence-electron chi connectivity index (χ2n) is 4.41. The van der Waals surface area contributed by atoms with E-state index in [0.29, 0.717) is 5.75 Å². The number of rotatable bonds is 2. The van der Waals surface area contributed by atoms with E-state index in [1.54, 1.807) is 12.1 Å². The van der Waals surface area contributed by atoms with Crippen molar-refractivity contribution < 1.29 is 13.9 Å². The number of hydrogen-bond acceptors (Lipinski definition) is 2. The minimum Gasteiger partial charge on any atom is -0.423 e. The van der Waals surface area contributed by atoms with Gasteiger partial charge in [-0.25, -0.2) is 9.18 Å². The van der Waals surface area contributed by atoms with Crippen molar-refractivity contribution in [2.45, 2.75) is 0 Å². The standard InChI is InChI=1S/C17H11FO2/c18-15-7-3-6-14(10-15)17(19)20-16-9-8-12-4-1-2-5-13(12)11-16/h1-11H. The molecular weight excluding hydrogens is 255 g/mol. The summed E-state index contributed by atoms with van der Waals surface area (Å²) >= 11 is 0. The van der Waals surface area contributed by atoms with E-state index < -0.39 is 11.8 Å². The maximum Gasteiger partial charge on any atom is 0.343 e. The highest BCUT2D eigenvalue weighted by Crippen LogP contribution is 2.21. The molecule has 0 saturated carbocycles. The van der Waals surface area contributed by atoms with Gasteiger partial charge < -0.3 is 4.74 Å². The first-order valence-electron chi connectivity index (χ1n) is 6.19. The molecule has 0 unspecified atom stereocenters. The van der Waals surface area contributed by atoms with Gasteiger partial charge in [-0.2, -0.15) is 0 Å². The van der Waals surface area contributed by atoms with Crippen LogP contribution in [0.5, 0.6) is 5.75 Å². The summed E-state index contributed by atoms with van der Waals surface area (Å²) in [6.07, 6.45) is 0. The van der Waals surface area contributed by atoms with Gasteiger partial charge in [-0.15, -0.1) is 0 Å². The van der Waals surface area contributed by atoms with Crippen LogP contribution in [-0.2, 0) is 0 Å². The Morgan fingerprint density at radius 1 is 0.850 bits per heavy atom. The van der Waals surface area contributed by atoms with Gasteiger partial charge in [0.2, 0.25) is 0 Å². The average molecular weight is 266 g/mol. The number of halogens is 1. The second-order valence-corrected chi connectivity index (χ2v) is 4.41. The number of hydrogen-bond donors (Lipinski definition) is 0. The van der Waals surface area contributed by atoms with Gasteiger partial charge in [-0.3, -0.25) is 0 Å². The number of carbonyl (C=O) groups excluding carboxylic acids is 1. The zero-order valence-corrected chi connectivity index (χ0v) is 10.5. The lowest BCUT2D eigenvalue weighted by Gasteiger charge is -2.05. The van der Waals surface area contributed by atoms with Gasteiger partial charge in [0, 0.05) is 0 Å². The Bertz CT molecular complexity index is 781. The van der Waals surface area contributed by atoms with E-state index in [1.165, 1.54) is 18.2 Å². The van der Waals surface area contributed by atoms with Gasteiger partial charge in [-0.05, 0) is 41.1 Å². The highest BCUT2D eigenvalue weighted by molar-refractivity contribution is 5.92. The van der Waals surface area contributed by atoms with Crippen LogP contribution in [0, 0.1) is 5.82 Å². The summed E-state index contributed by atoms with van der Waals surface area (Å²) < 4.78 is 18.3. The molecule has 0 aliphatic heterocycles. The number of ether oxygens (including phenoxy) is 1. The van der Waals surface area contributed by atoms with Crippen LogP contribution in [0.4, 0.5) is 4.39 Å². The van der Waals surface area contributed by atoms with Crippen molar-refractivity contribution in [3.05, 3.63) is 78.1 Å². The third kappa shape index (κ3) is 2.52. The molecule has 0 aliphatic carbocycles. The summed E-state index contributed by atoms with van der Waals surface area (Å²) in [5, 5.41) is 2.05. The average Bonchev–Trinajstić information content (AvgIpc) is 2.47. The molecule has 0 atom stereocenters. The summed E-state index contributed by atoms with van der Waals surface area (Å²) in [6.45, 7) is 0. The van der Waals surface area contributed by atoms with Crippen molar-refractivity contribution in [2.24, 2.45) is 0 Å². The highest BCUT2D eigenvalue weighted by Gasteiger charge is 2.09. The molecule has 0 amide bonds. The monoisotopic (exact) mass is 266 g/mol. The quantitative estimate of drug-likeness (QED) is 0.513. The number of fused-ring (bicyclic) bond motifs is 1. The molecule has 3 heteroatoms. The van der Waals surface area contributed by atoms with Gasteiger partial charge in [-0.1, -0.05) is 36.4 Å². The van der Waals surface area contributed by atoms with Crippen LogP contribution >= 0.6 is 0 Å². The van der Waals surface area contributed by atoms with E-state index in [-0.39, 0.29) is 5.56 Å². The highest BCUT2D eigenvalue weighted by atomic mass is 19.1. The molecule has 0 aromatic heterocycles. The molecule has 3 aromatic rings. The van der Waals surface area contributed by atoms with E-state index in [0.717, 1.165) is 16.8 Å². The molecular formula is C17H11FO2. The van der Waals surface area contributed by atoms with Crippen molar-refractivity contribution in [3.63, 3.8) is 0 Å². The normalized spacial score (nSPS) is 10.4. The molecule has 0 heterocycles. The lowest BCUT2D eigenvalue weighted by molar-refractivity contribution is 0.0734. The van der Waals surface area contributed by atoms with E-state index in [4.69, 9.17) is 4.74 Å². The molecule has 0 radical (unpaired) electrons. The number of benzene rings is 3. The summed E-state index contributed by atoms with van der Waals surface area (Å²) in [6, 6.07) is 18.6. The first kappa shape index (κ1) is 12.4. The zero-order valence-electron chi connectivity index (χ0n) is 10.5. The molecule has 0 spiro atoms. The molecule has 0 bridgehead atoms. The largest absolute Gasteiger partial charge is 0.423 e. The third-order valence-electron chi connectivity index (χ3n) is 2.99. The van der Waals surface area contributed by atoms with Gasteiger partial charge in [0.25, 0.3) is 0 Å². The molecule has 0 N–H and O–H groups in total. The van der Waals surface area contributed by atoms with Crippen molar-refractivity contribution >= 4 is 16.7 Å². The van der Waals surface area contributed by atoms with Crippen molar-refractivity contribution in [1.29, 1.82) is 0 Å². The van der Waals surface area contributed by atoms with Crippen LogP contribution in [-0.4, -0.2) is 5.97 Å². The van der Waals surface area contributed by atoms with Crippen LogP contribution in [0.25, 0.3) is 10.8 Å². The molecule has 0 saturated heterocycles. The summed E-state index contributed by atoms with van der Waals surface area (Å²) in [7, 11) is 0. The summed E-state index contributed by atoms with van der Waals surface area (Å²) in [5.74, 6) is -0.587. The molecule has 98 valence electrons. The van der Waals surface area contributed by atoms with Gasteiger partial charge >= 0.3 is 5.97 Å². The van der Waals surface area contributed by atoms with E-state index >= 15 is 0 Å². The Kier molecular flexibility index (Phi) is 3.17. The maximum absolute atomic E-state index is 13.1. The Hall–Kier alpha value is -2.68. The Morgan fingerprint density at radius 2 is 1.65 bits per heavy atom. The van der Waals surface area contributed by atoms with Gasteiger partial charge in [0.15, 0.2) is 0 Å². The fraction of sp³-hybridized carbons (Fsp3) is 0. The lowest BCUT2D eigenvalue weighted by Crippen LogP contribution is -2.08. The Morgan fingerprint density at radius 3 is 2.45 bits per heavy atom. The minimum absolute atomic E-state index is 0.193. The second kappa shape index (κ2) is 5.13. The Labute approximate surface area is 115 Å². The van der Waals surface area contributed by atoms with Crippen LogP contribution in [0.1, 0.15) is 10.4 Å². The number of carbonyl (C=O) groups is 1. The third-order valence-corrected chi connectivity index (χ3v) is 2.99. The van der Waals surface area contributed by atoms with Gasteiger partial charge in [0.1, 0.15) is 11.6 Å². The summed E-state index contributed by atoms with van der Waals surface area (Å²) in [5.41, 5.74) is 0.193. The Balaban J connectivity index is 1.87. The molecule has 2 nitrogen and oxygen atoms in total. The van der Waals surface area contributed by atoms with Crippen LogP contribution < -0.4 is 4.74 Å². The molecule has 0 fully saturated rings. The van der Waals surface area contributed by atoms with Gasteiger partial charge in [0.05, 0.1) is 5.56 Å². The fourth-order valence-corrected chi connectivity index (χ4v) is 2.01. The van der Waals surface area contributed by atoms with Crippen LogP contribution in [0.15, 0.2) is 66.7 Å². The molecule has 3 aromatic carbocycles. The predicted molar refractivity (Wildman–Crippen MR) is 75.3 cm³/mol. The van der Waals surface area contributed by atoms with E-state index in [9.17, 15) is 9.18 Å². The smallest absolute Gasteiger partial charge is 0.343 e. The van der Waals surface area contributed by atoms with Crippen molar-refractivity contribution in [1.82, 2.24) is 0 Å². The predicted octanol–water partition coefficient (Wildman–Crippen LogP) is 4.20. The fourth-order valence-electron chi connectivity index (χ4n) is 2.01. The zero-order chi connectivity index (χ0) is 13.9. The first-order valence-corrected chi connectivity index (χ1v) is 6.19. The lowest BCUT2D eigenvalue weighted by atomic mass is 10.1. The topological polar surface area (TPSA) is 26.3 Å². The van der Waals surface area contributed by atoms with E-state index in [1.807, 2.05) is 30.3 Å². The van der Waals surface area contributed by atoms with Crippen molar-refractivity contribution in [3.8, 4) is 5.75 Å². The molecule has 0 aliphatic rings. The molecule has 3 rings (SSSR count). The maximum atomic E-state index is 13.1. The minimum atomic E-state index is -0.570. The van der Waals surface area contributed by atoms with Crippen LogP contribution in [0.2, 0.25) is 0 Å². The number of esters is 1. The SMILES string of the molecule is O=C(Oc1ccc2ccccc2c1)c1cccc(F)c1. The molecule has 20 heavy (non-hydrogen) atoms. The van der Waals surface area contributed by atoms with Crippen LogP contribution in [0.3, 0.4) is 0 Å². The first-order chi connectivity index (χ1) is 9.72. The summed E-state index contributed by atoms with van der Waals surface area (Å²) in [4.78, 5) is 11.9. The van der Waals surface area contributed by atoms with Crippen molar-refractivity contribution in [2.75, 3.05) is 0 Å². The van der Waals surface area contributed by atoms with E-state index in [2.05, 4.69) is 0 Å².